The Hall–Kier alpha value is -1.81. The van der Waals surface area contributed by atoms with E-state index in [2.05, 4.69) is 21.2 Å². The van der Waals surface area contributed by atoms with Gasteiger partial charge >= 0.3 is 0 Å². The lowest BCUT2D eigenvalue weighted by atomic mass is 10.1. The van der Waals surface area contributed by atoms with Crippen LogP contribution in [-0.4, -0.2) is 12.5 Å². The number of hydrogen-bond donors (Lipinski definition) is 1. The quantitative estimate of drug-likeness (QED) is 0.807. The second kappa shape index (κ2) is 7.99. The molecule has 0 radical (unpaired) electrons. The maximum atomic E-state index is 12.0. The molecule has 0 fully saturated rings. The third-order valence-electron chi connectivity index (χ3n) is 3.27. The average Bonchev–Trinajstić information content (AvgIpc) is 2.50. The van der Waals surface area contributed by atoms with E-state index in [-0.39, 0.29) is 5.91 Å². The first-order chi connectivity index (χ1) is 10.6. The van der Waals surface area contributed by atoms with E-state index >= 15 is 0 Å². The first-order valence-electron chi connectivity index (χ1n) is 7.36. The molecular weight excluding hydrogens is 342 g/mol. The summed E-state index contributed by atoms with van der Waals surface area (Å²) in [6, 6.07) is 13.8. The molecule has 0 heterocycles. The summed E-state index contributed by atoms with van der Waals surface area (Å²) in [5.41, 5.74) is 3.09. The number of aryl methyl sites for hydroxylation is 2. The number of rotatable bonds is 6. The first-order valence-corrected chi connectivity index (χ1v) is 8.15. The highest BCUT2D eigenvalue weighted by Gasteiger charge is 2.06. The van der Waals surface area contributed by atoms with E-state index in [9.17, 15) is 4.79 Å². The van der Waals surface area contributed by atoms with Gasteiger partial charge in [0.2, 0.25) is 5.91 Å². The summed E-state index contributed by atoms with van der Waals surface area (Å²) < 4.78 is 6.31. The van der Waals surface area contributed by atoms with Crippen LogP contribution in [0.2, 0.25) is 0 Å². The summed E-state index contributed by atoms with van der Waals surface area (Å²) in [5, 5.41) is 2.93. The van der Waals surface area contributed by atoms with E-state index in [1.54, 1.807) is 0 Å². The molecule has 0 aliphatic heterocycles. The molecule has 0 spiro atoms. The molecule has 22 heavy (non-hydrogen) atoms. The Labute approximate surface area is 139 Å². The van der Waals surface area contributed by atoms with E-state index in [1.165, 1.54) is 0 Å². The maximum Gasteiger partial charge on any atom is 0.224 e. The maximum absolute atomic E-state index is 12.0. The van der Waals surface area contributed by atoms with Crippen LogP contribution in [0.25, 0.3) is 0 Å². The summed E-state index contributed by atoms with van der Waals surface area (Å²) in [4.78, 5) is 12.0. The molecule has 0 aliphatic rings. The second-order valence-corrected chi connectivity index (χ2v) is 5.96. The van der Waals surface area contributed by atoms with Crippen LogP contribution in [0.15, 0.2) is 46.9 Å². The summed E-state index contributed by atoms with van der Waals surface area (Å²) in [5.74, 6) is 0.873. The van der Waals surface area contributed by atoms with E-state index < -0.39 is 0 Å². The van der Waals surface area contributed by atoms with Gasteiger partial charge in [0, 0.05) is 10.9 Å². The molecule has 0 atom stereocenters. The molecule has 1 N–H and O–H groups in total. The second-order valence-electron chi connectivity index (χ2n) is 5.11. The van der Waals surface area contributed by atoms with Crippen LogP contribution in [0, 0.1) is 6.92 Å². The number of carbonyl (C=O) groups is 1. The van der Waals surface area contributed by atoms with Crippen LogP contribution in [0.4, 0.5) is 5.69 Å². The zero-order chi connectivity index (χ0) is 15.9. The fourth-order valence-corrected chi connectivity index (χ4v) is 2.70. The molecule has 3 nitrogen and oxygen atoms in total. The summed E-state index contributed by atoms with van der Waals surface area (Å²) >= 11 is 3.47. The Kier molecular flexibility index (Phi) is 6.01. The van der Waals surface area contributed by atoms with Gasteiger partial charge in [-0.25, -0.2) is 0 Å². The number of ether oxygens (including phenoxy) is 1. The highest BCUT2D eigenvalue weighted by atomic mass is 79.9. The predicted octanol–water partition coefficient (Wildman–Crippen LogP) is 4.73. The fourth-order valence-electron chi connectivity index (χ4n) is 2.11. The smallest absolute Gasteiger partial charge is 0.224 e. The van der Waals surface area contributed by atoms with E-state index in [0.717, 1.165) is 27.0 Å². The minimum absolute atomic E-state index is 0.0124. The molecule has 1 amide bonds. The lowest BCUT2D eigenvalue weighted by molar-refractivity contribution is -0.116. The van der Waals surface area contributed by atoms with Crippen LogP contribution >= 0.6 is 15.9 Å². The van der Waals surface area contributed by atoms with Crippen LogP contribution in [0.1, 0.15) is 24.5 Å². The van der Waals surface area contributed by atoms with Crippen LogP contribution in [0.5, 0.6) is 5.75 Å². The zero-order valence-corrected chi connectivity index (χ0v) is 14.4. The number of anilines is 1. The number of benzene rings is 2. The highest BCUT2D eigenvalue weighted by molar-refractivity contribution is 9.10. The largest absolute Gasteiger partial charge is 0.494 e. The molecular formula is C18H20BrNO2. The third-order valence-corrected chi connectivity index (χ3v) is 3.93. The van der Waals surface area contributed by atoms with Crippen LogP contribution in [-0.2, 0) is 11.2 Å². The average molecular weight is 362 g/mol. The lowest BCUT2D eigenvalue weighted by Crippen LogP contribution is -2.12. The summed E-state index contributed by atoms with van der Waals surface area (Å²) in [7, 11) is 0. The van der Waals surface area contributed by atoms with Gasteiger partial charge in [-0.1, -0.05) is 18.2 Å². The van der Waals surface area contributed by atoms with Crippen molar-refractivity contribution in [2.45, 2.75) is 26.7 Å². The van der Waals surface area contributed by atoms with Gasteiger partial charge in [-0.2, -0.15) is 0 Å². The number of halogens is 1. The van der Waals surface area contributed by atoms with Gasteiger partial charge in [-0.15, -0.1) is 0 Å². The molecule has 4 heteroatoms. The van der Waals surface area contributed by atoms with Crippen molar-refractivity contribution in [1.82, 2.24) is 0 Å². The predicted molar refractivity (Wildman–Crippen MR) is 93.4 cm³/mol. The Balaban J connectivity index is 1.87. The molecule has 0 saturated heterocycles. The van der Waals surface area contributed by atoms with Gasteiger partial charge in [-0.05, 0) is 71.6 Å². The minimum atomic E-state index is 0.0124. The van der Waals surface area contributed by atoms with Gasteiger partial charge in [0.1, 0.15) is 5.75 Å². The van der Waals surface area contributed by atoms with Crippen molar-refractivity contribution in [3.05, 3.63) is 58.1 Å². The molecule has 2 aromatic rings. The van der Waals surface area contributed by atoms with Gasteiger partial charge < -0.3 is 10.1 Å². The van der Waals surface area contributed by atoms with E-state index in [1.807, 2.05) is 56.3 Å². The Morgan fingerprint density at radius 1 is 1.18 bits per heavy atom. The van der Waals surface area contributed by atoms with Gasteiger partial charge in [-0.3, -0.25) is 4.79 Å². The lowest BCUT2D eigenvalue weighted by Gasteiger charge is -2.08. The number of amides is 1. The van der Waals surface area contributed by atoms with E-state index in [4.69, 9.17) is 4.74 Å². The molecule has 0 bridgehead atoms. The van der Waals surface area contributed by atoms with Crippen molar-refractivity contribution in [2.75, 3.05) is 11.9 Å². The van der Waals surface area contributed by atoms with Gasteiger partial charge in [0.05, 0.1) is 12.3 Å². The SMILES string of the molecule is CCOc1ccc(CCC(=O)Nc2ccc(C)cc2Br)cc1. The molecule has 116 valence electrons. The van der Waals surface area contributed by atoms with Gasteiger partial charge in [0.25, 0.3) is 0 Å². The standard InChI is InChI=1S/C18H20BrNO2/c1-3-22-15-8-5-14(6-9-15)7-11-18(21)20-17-10-4-13(2)12-16(17)19/h4-6,8-10,12H,3,7,11H2,1-2H3,(H,20,21). The van der Waals surface area contributed by atoms with Crippen molar-refractivity contribution in [3.8, 4) is 5.75 Å². The zero-order valence-electron chi connectivity index (χ0n) is 12.9. The number of nitrogens with one attached hydrogen (secondary N) is 1. The molecule has 0 aliphatic carbocycles. The van der Waals surface area contributed by atoms with Crippen molar-refractivity contribution in [1.29, 1.82) is 0 Å². The van der Waals surface area contributed by atoms with E-state index in [0.29, 0.717) is 19.4 Å². The summed E-state index contributed by atoms with van der Waals surface area (Å²) in [6.07, 6.45) is 1.16. The van der Waals surface area contributed by atoms with Crippen molar-refractivity contribution in [2.24, 2.45) is 0 Å². The highest BCUT2D eigenvalue weighted by Crippen LogP contribution is 2.23. The summed E-state index contributed by atoms with van der Waals surface area (Å²) in [6.45, 7) is 4.64. The Bertz CT molecular complexity index is 638. The topological polar surface area (TPSA) is 38.3 Å². The fraction of sp³-hybridized carbons (Fsp3) is 0.278. The van der Waals surface area contributed by atoms with Gasteiger partial charge in [0.15, 0.2) is 0 Å². The van der Waals surface area contributed by atoms with Crippen molar-refractivity contribution < 1.29 is 9.53 Å². The molecule has 0 unspecified atom stereocenters. The molecule has 0 aromatic heterocycles. The van der Waals surface area contributed by atoms with Crippen molar-refractivity contribution in [3.63, 3.8) is 0 Å². The molecule has 2 aromatic carbocycles. The number of carbonyl (C=O) groups excluding carboxylic acids is 1. The third kappa shape index (κ3) is 4.88. The van der Waals surface area contributed by atoms with Crippen LogP contribution < -0.4 is 10.1 Å². The molecule has 2 rings (SSSR count). The monoisotopic (exact) mass is 361 g/mol. The Morgan fingerprint density at radius 3 is 2.55 bits per heavy atom. The first kappa shape index (κ1) is 16.6. The number of hydrogen-bond acceptors (Lipinski definition) is 2. The minimum Gasteiger partial charge on any atom is -0.494 e. The van der Waals surface area contributed by atoms with Crippen molar-refractivity contribution >= 4 is 27.5 Å². The van der Waals surface area contributed by atoms with Crippen LogP contribution in [0.3, 0.4) is 0 Å². The Morgan fingerprint density at radius 2 is 1.91 bits per heavy atom. The molecule has 0 saturated carbocycles. The normalized spacial score (nSPS) is 10.3.